The fourth-order valence-electron chi connectivity index (χ4n) is 9.31. The van der Waals surface area contributed by atoms with Crippen molar-refractivity contribution in [2.24, 2.45) is 0 Å². The van der Waals surface area contributed by atoms with E-state index in [0.29, 0.717) is 0 Å². The molecular weight excluding hydrogens is 623 g/mol. The van der Waals surface area contributed by atoms with Crippen LogP contribution in [0.25, 0.3) is 55.1 Å². The molecule has 0 atom stereocenters. The first kappa shape index (κ1) is 28.6. The number of rotatable bonds is 2. The van der Waals surface area contributed by atoms with Gasteiger partial charge in [-0.25, -0.2) is 9.97 Å². The summed E-state index contributed by atoms with van der Waals surface area (Å²) in [6.07, 6.45) is 3.82. The number of para-hydroxylation sites is 3. The van der Waals surface area contributed by atoms with Crippen LogP contribution in [0, 0.1) is 0 Å². The van der Waals surface area contributed by atoms with Gasteiger partial charge in [-0.05, 0) is 71.3 Å². The Hall–Kier alpha value is -6.20. The number of hydrogen-bond acceptors (Lipinski definition) is 3. The Kier molecular flexibility index (Phi) is 5.46. The number of fused-ring (bicyclic) bond motifs is 10. The smallest absolute Gasteiger partial charge is 0.145 e. The van der Waals surface area contributed by atoms with Gasteiger partial charge in [0.25, 0.3) is 0 Å². The van der Waals surface area contributed by atoms with E-state index in [-0.39, 0.29) is 10.8 Å². The van der Waals surface area contributed by atoms with Crippen LogP contribution in [0.5, 0.6) is 0 Å². The second-order valence-corrected chi connectivity index (χ2v) is 15.1. The summed E-state index contributed by atoms with van der Waals surface area (Å²) in [6, 6.07) is 46.7. The van der Waals surface area contributed by atoms with Crippen molar-refractivity contribution in [3.63, 3.8) is 0 Å². The van der Waals surface area contributed by atoms with Gasteiger partial charge < -0.3 is 4.57 Å². The monoisotopic (exact) mass is 657 g/mol. The van der Waals surface area contributed by atoms with E-state index in [4.69, 9.17) is 9.97 Å². The first-order valence-electron chi connectivity index (χ1n) is 17.8. The SMILES string of the molecule is CC1(C)c2ccccc2N(c2ccc3c4ccccc4n(-c4ccc5c(c4)-n4c6ncccc6c6cccc(c64)C5(C)C)c3c2)c2ncccc21. The third kappa shape index (κ3) is 3.60. The van der Waals surface area contributed by atoms with Crippen LogP contribution >= 0.6 is 0 Å². The minimum Gasteiger partial charge on any atom is -0.309 e. The van der Waals surface area contributed by atoms with E-state index in [2.05, 4.69) is 163 Å². The number of aromatic nitrogens is 4. The zero-order chi connectivity index (χ0) is 34.2. The van der Waals surface area contributed by atoms with Crippen molar-refractivity contribution in [2.75, 3.05) is 4.90 Å². The van der Waals surface area contributed by atoms with E-state index in [0.717, 1.165) is 28.4 Å². The molecule has 0 fully saturated rings. The summed E-state index contributed by atoms with van der Waals surface area (Å²) in [5.41, 5.74) is 13.9. The molecule has 4 aromatic heterocycles. The van der Waals surface area contributed by atoms with Gasteiger partial charge in [-0.2, -0.15) is 0 Å². The molecule has 0 saturated heterocycles. The molecule has 6 heterocycles. The number of nitrogens with zero attached hydrogens (tertiary/aromatic N) is 5. The highest BCUT2D eigenvalue weighted by Crippen LogP contribution is 2.52. The highest BCUT2D eigenvalue weighted by Gasteiger charge is 2.38. The zero-order valence-electron chi connectivity index (χ0n) is 29.0. The minimum atomic E-state index is -0.179. The molecule has 5 aromatic carbocycles. The van der Waals surface area contributed by atoms with Crippen LogP contribution in [-0.2, 0) is 10.8 Å². The molecule has 0 spiro atoms. The molecule has 9 aromatic rings. The van der Waals surface area contributed by atoms with Gasteiger partial charge in [0.1, 0.15) is 11.5 Å². The molecule has 51 heavy (non-hydrogen) atoms. The highest BCUT2D eigenvalue weighted by atomic mass is 15.2. The van der Waals surface area contributed by atoms with E-state index >= 15 is 0 Å². The lowest BCUT2D eigenvalue weighted by atomic mass is 9.74. The largest absolute Gasteiger partial charge is 0.309 e. The summed E-state index contributed by atoms with van der Waals surface area (Å²) >= 11 is 0. The highest BCUT2D eigenvalue weighted by molar-refractivity contribution is 6.12. The molecule has 11 rings (SSSR count). The van der Waals surface area contributed by atoms with Crippen LogP contribution in [0.2, 0.25) is 0 Å². The van der Waals surface area contributed by atoms with E-state index in [1.165, 1.54) is 66.2 Å². The Balaban J connectivity index is 1.19. The Labute approximate surface area is 296 Å². The Morgan fingerprint density at radius 1 is 0.451 bits per heavy atom. The summed E-state index contributed by atoms with van der Waals surface area (Å²) in [5, 5.41) is 4.89. The first-order chi connectivity index (χ1) is 24.8. The summed E-state index contributed by atoms with van der Waals surface area (Å²) in [5.74, 6) is 0.980. The maximum Gasteiger partial charge on any atom is 0.145 e. The van der Waals surface area contributed by atoms with Crippen LogP contribution in [0.15, 0.2) is 140 Å². The lowest BCUT2D eigenvalue weighted by molar-refractivity contribution is 0.627. The molecule has 0 bridgehead atoms. The fourth-order valence-corrected chi connectivity index (χ4v) is 9.31. The van der Waals surface area contributed by atoms with Crippen molar-refractivity contribution in [3.8, 4) is 11.4 Å². The number of pyridine rings is 2. The number of anilines is 3. The summed E-state index contributed by atoms with van der Waals surface area (Å²) in [4.78, 5) is 12.3. The van der Waals surface area contributed by atoms with E-state index in [1.54, 1.807) is 0 Å². The second kappa shape index (κ2) is 9.73. The Morgan fingerprint density at radius 3 is 2.04 bits per heavy atom. The van der Waals surface area contributed by atoms with Gasteiger partial charge in [0, 0.05) is 61.7 Å². The van der Waals surface area contributed by atoms with Gasteiger partial charge in [0.2, 0.25) is 0 Å². The maximum atomic E-state index is 5.00. The fraction of sp³-hybridized carbons (Fsp3) is 0.130. The molecule has 0 amide bonds. The van der Waals surface area contributed by atoms with Gasteiger partial charge in [-0.15, -0.1) is 0 Å². The van der Waals surface area contributed by atoms with Crippen molar-refractivity contribution in [3.05, 3.63) is 162 Å². The number of benzene rings is 5. The van der Waals surface area contributed by atoms with Crippen molar-refractivity contribution < 1.29 is 0 Å². The molecule has 2 aliphatic rings. The quantitative estimate of drug-likeness (QED) is 0.186. The van der Waals surface area contributed by atoms with E-state index in [9.17, 15) is 0 Å². The van der Waals surface area contributed by atoms with Gasteiger partial charge >= 0.3 is 0 Å². The zero-order valence-corrected chi connectivity index (χ0v) is 29.0. The summed E-state index contributed by atoms with van der Waals surface area (Å²) < 4.78 is 4.84. The van der Waals surface area contributed by atoms with Crippen LogP contribution in [0.4, 0.5) is 17.2 Å². The van der Waals surface area contributed by atoms with Gasteiger partial charge in [0.15, 0.2) is 0 Å². The first-order valence-corrected chi connectivity index (χ1v) is 17.8. The second-order valence-electron chi connectivity index (χ2n) is 15.1. The average Bonchev–Trinajstić information content (AvgIpc) is 3.67. The third-order valence-corrected chi connectivity index (χ3v) is 11.8. The lowest BCUT2D eigenvalue weighted by Crippen LogP contribution is -2.31. The van der Waals surface area contributed by atoms with Gasteiger partial charge in [0.05, 0.1) is 27.9 Å². The standard InChI is InChI=1S/C46H35N5/c1-45(2)35-23-21-28(27-41(35)51-42-32(13-9-16-36(42)45)33-14-10-24-47-43(33)51)49-38-18-7-5-12-30(38)31-22-20-29(26-40(31)49)50-39-19-8-6-15-34(39)46(3,4)37-17-11-25-48-44(37)50/h5-27H,1-4H3. The van der Waals surface area contributed by atoms with Gasteiger partial charge in [-0.3, -0.25) is 9.47 Å². The molecule has 0 unspecified atom stereocenters. The van der Waals surface area contributed by atoms with Crippen LogP contribution < -0.4 is 4.90 Å². The molecule has 0 saturated carbocycles. The Bertz CT molecular complexity index is 2890. The third-order valence-electron chi connectivity index (χ3n) is 11.8. The molecular formula is C46H35N5. The molecule has 5 heteroatoms. The molecule has 0 radical (unpaired) electrons. The molecule has 0 aliphatic carbocycles. The van der Waals surface area contributed by atoms with Crippen LogP contribution in [-0.4, -0.2) is 19.1 Å². The van der Waals surface area contributed by atoms with Crippen LogP contribution in [0.3, 0.4) is 0 Å². The number of hydrogen-bond donors (Lipinski definition) is 0. The normalized spacial score (nSPS) is 15.3. The molecule has 0 N–H and O–H groups in total. The van der Waals surface area contributed by atoms with Crippen molar-refractivity contribution >= 4 is 60.9 Å². The summed E-state index contributed by atoms with van der Waals surface area (Å²) in [7, 11) is 0. The average molecular weight is 658 g/mol. The Morgan fingerprint density at radius 2 is 1.12 bits per heavy atom. The van der Waals surface area contributed by atoms with Crippen molar-refractivity contribution in [2.45, 2.75) is 38.5 Å². The topological polar surface area (TPSA) is 38.9 Å². The minimum absolute atomic E-state index is 0.172. The van der Waals surface area contributed by atoms with Gasteiger partial charge in [-0.1, -0.05) is 100 Å². The van der Waals surface area contributed by atoms with Crippen LogP contribution in [0.1, 0.15) is 49.9 Å². The molecule has 244 valence electrons. The maximum absolute atomic E-state index is 5.00. The van der Waals surface area contributed by atoms with E-state index < -0.39 is 0 Å². The molecule has 2 aliphatic heterocycles. The predicted octanol–water partition coefficient (Wildman–Crippen LogP) is 11.4. The molecule has 5 nitrogen and oxygen atoms in total. The predicted molar refractivity (Wildman–Crippen MR) is 210 cm³/mol. The summed E-state index contributed by atoms with van der Waals surface area (Å²) in [6.45, 7) is 9.31. The van der Waals surface area contributed by atoms with Crippen molar-refractivity contribution in [1.82, 2.24) is 19.1 Å². The lowest BCUT2D eigenvalue weighted by Gasteiger charge is -2.40. The van der Waals surface area contributed by atoms with Crippen molar-refractivity contribution in [1.29, 1.82) is 0 Å². The van der Waals surface area contributed by atoms with E-state index in [1.807, 2.05) is 18.5 Å².